The Bertz CT molecular complexity index is 1270. The number of aryl methyl sites for hydroxylation is 1. The largest absolute Gasteiger partial charge is 0.396 e. The highest BCUT2D eigenvalue weighted by atomic mass is 16.3. The second-order valence-corrected chi connectivity index (χ2v) is 11.2. The molecule has 2 heterocycles. The van der Waals surface area contributed by atoms with E-state index in [0.717, 1.165) is 49.7 Å². The van der Waals surface area contributed by atoms with E-state index < -0.39 is 0 Å². The number of amides is 1. The summed E-state index contributed by atoms with van der Waals surface area (Å²) in [5.41, 5.74) is 2.74. The van der Waals surface area contributed by atoms with Gasteiger partial charge in [-0.25, -0.2) is 0 Å². The number of nitrogens with zero attached hydrogens (tertiary/aromatic N) is 3. The van der Waals surface area contributed by atoms with Crippen molar-refractivity contribution in [3.8, 4) is 0 Å². The van der Waals surface area contributed by atoms with Gasteiger partial charge in [0.05, 0.1) is 18.1 Å². The molecule has 2 aliphatic rings. The van der Waals surface area contributed by atoms with Crippen molar-refractivity contribution in [2.45, 2.75) is 57.5 Å². The third-order valence-electron chi connectivity index (χ3n) is 8.74. The summed E-state index contributed by atoms with van der Waals surface area (Å²) in [6, 6.07) is 20.5. The van der Waals surface area contributed by atoms with Crippen LogP contribution in [0.1, 0.15) is 62.1 Å². The molecular weight excluding hydrogens is 474 g/mol. The minimum atomic E-state index is -0.0557. The Hall–Kier alpha value is -2.96. The molecule has 1 aliphatic carbocycles. The number of fused-ring (bicyclic) bond motifs is 1. The number of rotatable bonds is 8. The van der Waals surface area contributed by atoms with E-state index in [9.17, 15) is 14.7 Å². The Morgan fingerprint density at radius 1 is 0.974 bits per heavy atom. The first-order valence-electron chi connectivity index (χ1n) is 14.3. The average molecular weight is 516 g/mol. The molecule has 1 aromatic heterocycles. The van der Waals surface area contributed by atoms with Gasteiger partial charge < -0.3 is 14.6 Å². The fraction of sp³-hybridized carbons (Fsp3) is 0.500. The number of aliphatic hydroxyl groups is 1. The molecule has 0 radical (unpaired) electrons. The second-order valence-electron chi connectivity index (χ2n) is 11.2. The fourth-order valence-corrected chi connectivity index (χ4v) is 6.44. The molecule has 0 spiro atoms. The number of likely N-dealkylation sites (tertiary alicyclic amines) is 1. The average Bonchev–Trinajstić information content (AvgIpc) is 2.98. The van der Waals surface area contributed by atoms with Gasteiger partial charge in [-0.2, -0.15) is 0 Å². The third kappa shape index (κ3) is 5.87. The van der Waals surface area contributed by atoms with Crippen LogP contribution in [0.3, 0.4) is 0 Å². The maximum atomic E-state index is 14.1. The summed E-state index contributed by atoms with van der Waals surface area (Å²) in [5, 5.41) is 10.6. The molecule has 1 atom stereocenters. The third-order valence-corrected chi connectivity index (χ3v) is 8.74. The van der Waals surface area contributed by atoms with E-state index in [1.54, 1.807) is 4.57 Å². The molecular formula is C32H41N3O3. The van der Waals surface area contributed by atoms with Crippen LogP contribution in [0.25, 0.3) is 10.9 Å². The summed E-state index contributed by atoms with van der Waals surface area (Å²) in [4.78, 5) is 32.1. The standard InChI is InChI=1S/C32H41N3O3/c1-33-29-13-7-6-12-27(29)20-28(31(33)37)21-35(32(38)26-16-14-24(23-36)15-17-26)22-30(25-10-4-2-5-11-25)34-18-8-3-9-19-34/h2,4-7,10-13,20,24,26,30,36H,3,8-9,14-19,21-23H2,1H3/t24-,26+,30?. The summed E-state index contributed by atoms with van der Waals surface area (Å²) in [6.45, 7) is 3.14. The lowest BCUT2D eigenvalue weighted by Crippen LogP contribution is -2.45. The van der Waals surface area contributed by atoms with Crippen molar-refractivity contribution >= 4 is 16.8 Å². The minimum Gasteiger partial charge on any atom is -0.396 e. The normalized spacial score (nSPS) is 21.3. The molecule has 1 amide bonds. The lowest BCUT2D eigenvalue weighted by Gasteiger charge is -2.39. The van der Waals surface area contributed by atoms with E-state index in [4.69, 9.17) is 0 Å². The summed E-state index contributed by atoms with van der Waals surface area (Å²) < 4.78 is 1.71. The van der Waals surface area contributed by atoms with Crippen LogP contribution in [-0.4, -0.2) is 51.6 Å². The van der Waals surface area contributed by atoms with Gasteiger partial charge >= 0.3 is 0 Å². The van der Waals surface area contributed by atoms with Gasteiger partial charge in [0.25, 0.3) is 5.56 Å². The molecule has 3 aromatic rings. The van der Waals surface area contributed by atoms with Gasteiger partial charge in [0.15, 0.2) is 0 Å². The van der Waals surface area contributed by atoms with Gasteiger partial charge in [0.1, 0.15) is 0 Å². The van der Waals surface area contributed by atoms with Gasteiger partial charge in [-0.05, 0) is 80.6 Å². The van der Waals surface area contributed by atoms with E-state index >= 15 is 0 Å². The topological polar surface area (TPSA) is 65.8 Å². The number of carbonyl (C=O) groups excluding carboxylic acids is 1. The molecule has 1 N–H and O–H groups in total. The maximum absolute atomic E-state index is 14.1. The van der Waals surface area contributed by atoms with Crippen LogP contribution >= 0.6 is 0 Å². The predicted molar refractivity (Wildman–Crippen MR) is 152 cm³/mol. The molecule has 2 aromatic carbocycles. The van der Waals surface area contributed by atoms with E-state index in [-0.39, 0.29) is 30.0 Å². The van der Waals surface area contributed by atoms with E-state index in [2.05, 4.69) is 29.2 Å². The summed E-state index contributed by atoms with van der Waals surface area (Å²) >= 11 is 0. The summed E-state index contributed by atoms with van der Waals surface area (Å²) in [5.74, 6) is 0.389. The first-order chi connectivity index (χ1) is 18.5. The zero-order valence-corrected chi connectivity index (χ0v) is 22.6. The van der Waals surface area contributed by atoms with Crippen LogP contribution in [0.15, 0.2) is 65.5 Å². The minimum absolute atomic E-state index is 0.0419. The number of aliphatic hydroxyl groups excluding tert-OH is 1. The van der Waals surface area contributed by atoms with Gasteiger partial charge in [-0.15, -0.1) is 0 Å². The van der Waals surface area contributed by atoms with E-state index in [1.165, 1.54) is 24.8 Å². The first kappa shape index (κ1) is 26.6. The zero-order valence-electron chi connectivity index (χ0n) is 22.6. The molecule has 38 heavy (non-hydrogen) atoms. The number of hydrogen-bond acceptors (Lipinski definition) is 4. The SMILES string of the molecule is Cn1c(=O)c(CN(CC(c2ccccc2)N2CCCCC2)C(=O)[C@H]2CC[C@@H](CO)CC2)cc2ccccc21. The van der Waals surface area contributed by atoms with Crippen molar-refractivity contribution < 1.29 is 9.90 Å². The Kier molecular flexibility index (Phi) is 8.60. The Balaban J connectivity index is 1.49. The monoisotopic (exact) mass is 515 g/mol. The molecule has 0 bridgehead atoms. The van der Waals surface area contributed by atoms with Crippen LogP contribution in [0.4, 0.5) is 0 Å². The van der Waals surface area contributed by atoms with Crippen LogP contribution in [0, 0.1) is 11.8 Å². The highest BCUT2D eigenvalue weighted by molar-refractivity contribution is 5.81. The molecule has 1 saturated carbocycles. The van der Waals surface area contributed by atoms with Crippen LogP contribution in [-0.2, 0) is 18.4 Å². The number of pyridine rings is 1. The van der Waals surface area contributed by atoms with Crippen LogP contribution in [0.2, 0.25) is 0 Å². The van der Waals surface area contributed by atoms with Crippen LogP contribution in [0.5, 0.6) is 0 Å². The van der Waals surface area contributed by atoms with Crippen molar-refractivity contribution in [2.75, 3.05) is 26.2 Å². The Morgan fingerprint density at radius 2 is 1.66 bits per heavy atom. The van der Waals surface area contributed by atoms with Crippen molar-refractivity contribution in [2.24, 2.45) is 18.9 Å². The highest BCUT2D eigenvalue weighted by Gasteiger charge is 2.33. The molecule has 1 unspecified atom stereocenters. The van der Waals surface area contributed by atoms with E-state index in [0.29, 0.717) is 24.6 Å². The molecule has 202 valence electrons. The number of carbonyl (C=O) groups is 1. The lowest BCUT2D eigenvalue weighted by molar-refractivity contribution is -0.138. The second kappa shape index (κ2) is 12.3. The van der Waals surface area contributed by atoms with Gasteiger partial charge in [0, 0.05) is 31.7 Å². The van der Waals surface area contributed by atoms with Crippen molar-refractivity contribution in [1.29, 1.82) is 0 Å². The van der Waals surface area contributed by atoms with Gasteiger partial charge in [-0.1, -0.05) is 55.0 Å². The highest BCUT2D eigenvalue weighted by Crippen LogP contribution is 2.32. The Labute approximate surface area is 225 Å². The van der Waals surface area contributed by atoms with Crippen molar-refractivity contribution in [3.05, 3.63) is 82.1 Å². The van der Waals surface area contributed by atoms with Crippen molar-refractivity contribution in [3.63, 3.8) is 0 Å². The zero-order chi connectivity index (χ0) is 26.5. The molecule has 2 fully saturated rings. The van der Waals surface area contributed by atoms with Gasteiger partial charge in [0.2, 0.25) is 5.91 Å². The van der Waals surface area contributed by atoms with Crippen LogP contribution < -0.4 is 5.56 Å². The smallest absolute Gasteiger partial charge is 0.255 e. The molecule has 6 nitrogen and oxygen atoms in total. The maximum Gasteiger partial charge on any atom is 0.255 e. The summed E-state index contributed by atoms with van der Waals surface area (Å²) in [6.07, 6.45) is 6.97. The lowest BCUT2D eigenvalue weighted by atomic mass is 9.81. The number of hydrogen-bond donors (Lipinski definition) is 1. The van der Waals surface area contributed by atoms with E-state index in [1.807, 2.05) is 48.3 Å². The Morgan fingerprint density at radius 3 is 2.37 bits per heavy atom. The first-order valence-corrected chi connectivity index (χ1v) is 14.3. The van der Waals surface area contributed by atoms with Crippen molar-refractivity contribution in [1.82, 2.24) is 14.4 Å². The molecule has 1 aliphatic heterocycles. The molecule has 5 rings (SSSR count). The number of benzene rings is 2. The quantitative estimate of drug-likeness (QED) is 0.464. The number of para-hydroxylation sites is 1. The molecule has 1 saturated heterocycles. The summed E-state index contributed by atoms with van der Waals surface area (Å²) in [7, 11) is 1.82. The predicted octanol–water partition coefficient (Wildman–Crippen LogP) is 4.89. The number of piperidine rings is 1. The van der Waals surface area contributed by atoms with Gasteiger partial charge in [-0.3, -0.25) is 14.5 Å². The fourth-order valence-electron chi connectivity index (χ4n) is 6.44. The number of aromatic nitrogens is 1. The molecule has 6 heteroatoms.